The first-order valence-corrected chi connectivity index (χ1v) is 7.06. The lowest BCUT2D eigenvalue weighted by molar-refractivity contribution is -0.166. The summed E-state index contributed by atoms with van der Waals surface area (Å²) in [7, 11) is 0.985. The minimum absolute atomic E-state index is 0.0479. The number of para-hydroxylation sites is 2. The van der Waals surface area contributed by atoms with E-state index in [0.717, 1.165) is 7.05 Å². The average Bonchev–Trinajstić information content (AvgIpc) is 2.54. The quantitative estimate of drug-likeness (QED) is 0.371. The fourth-order valence-electron chi connectivity index (χ4n) is 2.47. The number of amides is 1. The molecule has 0 aliphatic rings. The predicted molar refractivity (Wildman–Crippen MR) is 83.4 cm³/mol. The van der Waals surface area contributed by atoms with Crippen molar-refractivity contribution in [3.05, 3.63) is 59.7 Å². The molecular weight excluding hydrogens is 314 g/mol. The van der Waals surface area contributed by atoms with Gasteiger partial charge in [0.15, 0.2) is 0 Å². The smallest absolute Gasteiger partial charge is 0.313 e. The summed E-state index contributed by atoms with van der Waals surface area (Å²) in [5.74, 6) is -2.92. The molecule has 0 saturated carbocycles. The minimum atomic E-state index is -2.15. The van der Waals surface area contributed by atoms with Crippen molar-refractivity contribution in [3.8, 4) is 11.5 Å². The van der Waals surface area contributed by atoms with Crippen LogP contribution in [-0.4, -0.2) is 44.3 Å². The lowest BCUT2D eigenvalue weighted by atomic mass is 9.81. The number of carbonyl (C=O) groups excluding carboxylic acids is 2. The van der Waals surface area contributed by atoms with Gasteiger partial charge in [-0.1, -0.05) is 36.4 Å². The van der Waals surface area contributed by atoms with E-state index in [2.05, 4.69) is 0 Å². The Labute approximate surface area is 138 Å². The van der Waals surface area contributed by atoms with E-state index < -0.39 is 23.7 Å². The van der Waals surface area contributed by atoms with E-state index in [1.807, 2.05) is 0 Å². The monoisotopic (exact) mass is 331 g/mol. The van der Waals surface area contributed by atoms with Crippen molar-refractivity contribution < 1.29 is 30.1 Å². The zero-order valence-electron chi connectivity index (χ0n) is 12.9. The lowest BCUT2D eigenvalue weighted by Gasteiger charge is -2.30. The van der Waals surface area contributed by atoms with E-state index in [-0.39, 0.29) is 27.7 Å². The Bertz CT molecular complexity index is 726. The predicted octanol–water partition coefficient (Wildman–Crippen LogP) is 1.14. The van der Waals surface area contributed by atoms with Crippen LogP contribution in [0.5, 0.6) is 11.5 Å². The molecule has 0 spiro atoms. The zero-order chi connectivity index (χ0) is 17.9. The second-order valence-corrected chi connectivity index (χ2v) is 5.32. The molecule has 0 saturated heterocycles. The van der Waals surface area contributed by atoms with Crippen LogP contribution in [0.1, 0.15) is 17.5 Å². The van der Waals surface area contributed by atoms with Crippen LogP contribution in [0.25, 0.3) is 0 Å². The summed E-state index contributed by atoms with van der Waals surface area (Å²) in [4.78, 5) is 23.7. The van der Waals surface area contributed by atoms with Crippen molar-refractivity contribution in [3.63, 3.8) is 0 Å². The summed E-state index contributed by atoms with van der Waals surface area (Å²) in [6.07, 6.45) is -0.772. The van der Waals surface area contributed by atoms with Crippen LogP contribution in [-0.2, 0) is 15.2 Å². The molecular formula is C17H17NO6. The summed E-state index contributed by atoms with van der Waals surface area (Å²) < 4.78 is 0. The van der Waals surface area contributed by atoms with Gasteiger partial charge in [0.25, 0.3) is 0 Å². The lowest BCUT2D eigenvalue weighted by Crippen LogP contribution is -2.37. The number of aliphatic hydroxyl groups is 1. The van der Waals surface area contributed by atoms with Crippen molar-refractivity contribution in [1.82, 2.24) is 5.06 Å². The van der Waals surface area contributed by atoms with Gasteiger partial charge >= 0.3 is 5.91 Å². The minimum Gasteiger partial charge on any atom is -0.508 e. The Kier molecular flexibility index (Phi) is 4.87. The van der Waals surface area contributed by atoms with Crippen LogP contribution in [0.15, 0.2) is 48.5 Å². The first-order chi connectivity index (χ1) is 11.3. The van der Waals surface area contributed by atoms with Gasteiger partial charge in [-0.15, -0.1) is 0 Å². The SMILES string of the molecule is CN(O)C(=O)C(=O)CC(O)(c1ccccc1O)c1ccccc1O. The Balaban J connectivity index is 2.59. The fourth-order valence-corrected chi connectivity index (χ4v) is 2.47. The molecule has 2 rings (SSSR count). The third-order valence-corrected chi connectivity index (χ3v) is 3.65. The van der Waals surface area contributed by atoms with E-state index in [4.69, 9.17) is 5.21 Å². The second-order valence-electron chi connectivity index (χ2n) is 5.32. The highest BCUT2D eigenvalue weighted by Gasteiger charge is 2.40. The number of hydroxylamine groups is 2. The molecule has 0 unspecified atom stereocenters. The van der Waals surface area contributed by atoms with Crippen molar-refractivity contribution in [1.29, 1.82) is 0 Å². The molecule has 7 nitrogen and oxygen atoms in total. The molecule has 24 heavy (non-hydrogen) atoms. The molecule has 0 aliphatic carbocycles. The number of aromatic hydroxyl groups is 2. The first-order valence-electron chi connectivity index (χ1n) is 7.06. The van der Waals surface area contributed by atoms with Crippen LogP contribution >= 0.6 is 0 Å². The molecule has 1 amide bonds. The number of carbonyl (C=O) groups is 2. The van der Waals surface area contributed by atoms with E-state index in [9.17, 15) is 24.9 Å². The number of hydrogen-bond donors (Lipinski definition) is 4. The van der Waals surface area contributed by atoms with Gasteiger partial charge in [-0.3, -0.25) is 14.8 Å². The largest absolute Gasteiger partial charge is 0.508 e. The molecule has 0 bridgehead atoms. The Morgan fingerprint density at radius 1 is 0.958 bits per heavy atom. The molecule has 126 valence electrons. The van der Waals surface area contributed by atoms with E-state index >= 15 is 0 Å². The van der Waals surface area contributed by atoms with Crippen molar-refractivity contribution in [2.24, 2.45) is 0 Å². The number of nitrogens with zero attached hydrogens (tertiary/aromatic N) is 1. The van der Waals surface area contributed by atoms with Crippen LogP contribution in [0.4, 0.5) is 0 Å². The number of benzene rings is 2. The molecule has 0 aromatic heterocycles. The molecule has 0 atom stereocenters. The molecule has 0 fully saturated rings. The zero-order valence-corrected chi connectivity index (χ0v) is 12.9. The fraction of sp³-hybridized carbons (Fsp3) is 0.176. The maximum absolute atomic E-state index is 12.1. The Hall–Kier alpha value is -2.90. The number of ketones is 1. The van der Waals surface area contributed by atoms with E-state index in [1.165, 1.54) is 48.5 Å². The molecule has 2 aromatic carbocycles. The normalized spacial score (nSPS) is 11.1. The molecule has 0 heterocycles. The number of phenolic OH excluding ortho intramolecular Hbond substituents is 2. The average molecular weight is 331 g/mol. The van der Waals surface area contributed by atoms with Gasteiger partial charge in [-0.25, -0.2) is 5.06 Å². The topological polar surface area (TPSA) is 118 Å². The summed E-state index contributed by atoms with van der Waals surface area (Å²) >= 11 is 0. The van der Waals surface area contributed by atoms with Crippen LogP contribution < -0.4 is 0 Å². The molecule has 0 radical (unpaired) electrons. The van der Waals surface area contributed by atoms with Gasteiger partial charge < -0.3 is 15.3 Å². The number of likely N-dealkylation sites (N-methyl/N-ethyl adjacent to an activating group) is 1. The van der Waals surface area contributed by atoms with Gasteiger partial charge in [0.05, 0.1) is 6.42 Å². The summed E-state index contributed by atoms with van der Waals surface area (Å²) in [5.41, 5.74) is -2.25. The summed E-state index contributed by atoms with van der Waals surface area (Å²) in [5, 5.41) is 40.5. The van der Waals surface area contributed by atoms with E-state index in [1.54, 1.807) is 0 Å². The van der Waals surface area contributed by atoms with Crippen LogP contribution in [0, 0.1) is 0 Å². The van der Waals surface area contributed by atoms with Crippen LogP contribution in [0.3, 0.4) is 0 Å². The van der Waals surface area contributed by atoms with Gasteiger partial charge in [0, 0.05) is 18.2 Å². The molecule has 0 aliphatic heterocycles. The van der Waals surface area contributed by atoms with E-state index in [0.29, 0.717) is 0 Å². The number of Topliss-reactive ketones (excluding diaryl/α,β-unsaturated/α-hetero) is 1. The highest BCUT2D eigenvalue weighted by atomic mass is 16.5. The number of rotatable bonds is 5. The third-order valence-electron chi connectivity index (χ3n) is 3.65. The maximum Gasteiger partial charge on any atom is 0.313 e. The first kappa shape index (κ1) is 17.5. The number of phenols is 2. The van der Waals surface area contributed by atoms with Crippen molar-refractivity contribution in [2.75, 3.05) is 7.05 Å². The van der Waals surface area contributed by atoms with Gasteiger partial charge in [0.1, 0.15) is 17.1 Å². The Morgan fingerprint density at radius 3 is 1.75 bits per heavy atom. The standard InChI is InChI=1S/C17H17NO6/c1-18(24)16(22)15(21)10-17(23,11-6-2-4-8-13(11)19)12-7-3-5-9-14(12)20/h2-9,19-20,23-24H,10H2,1H3. The molecule has 2 aromatic rings. The van der Waals surface area contributed by atoms with Crippen LogP contribution in [0.2, 0.25) is 0 Å². The molecule has 4 N–H and O–H groups in total. The Morgan fingerprint density at radius 2 is 1.38 bits per heavy atom. The highest BCUT2D eigenvalue weighted by Crippen LogP contribution is 2.41. The van der Waals surface area contributed by atoms with Gasteiger partial charge in [0.2, 0.25) is 5.78 Å². The number of hydrogen-bond acceptors (Lipinski definition) is 6. The summed E-state index contributed by atoms with van der Waals surface area (Å²) in [6, 6.07) is 11.5. The molecule has 7 heteroatoms. The third kappa shape index (κ3) is 3.22. The van der Waals surface area contributed by atoms with Crippen molar-refractivity contribution >= 4 is 11.7 Å². The van der Waals surface area contributed by atoms with Crippen molar-refractivity contribution in [2.45, 2.75) is 12.0 Å². The highest BCUT2D eigenvalue weighted by molar-refractivity contribution is 6.35. The maximum atomic E-state index is 12.1. The summed E-state index contributed by atoms with van der Waals surface area (Å²) in [6.45, 7) is 0. The van der Waals surface area contributed by atoms with Gasteiger partial charge in [-0.2, -0.15) is 0 Å². The second kappa shape index (κ2) is 6.69. The van der Waals surface area contributed by atoms with Gasteiger partial charge in [-0.05, 0) is 12.1 Å².